The fraction of sp³-hybridized carbons (Fsp3) is 0.462. The molecule has 0 spiro atoms. The van der Waals surface area contributed by atoms with Gasteiger partial charge >= 0.3 is 0 Å². The lowest BCUT2D eigenvalue weighted by Gasteiger charge is -2.33. The van der Waals surface area contributed by atoms with Crippen molar-refractivity contribution in [1.82, 2.24) is 15.1 Å². The van der Waals surface area contributed by atoms with Crippen molar-refractivity contribution in [2.45, 2.75) is 32.9 Å². The Bertz CT molecular complexity index is 836. The van der Waals surface area contributed by atoms with Crippen LogP contribution in [0.4, 0.5) is 0 Å². The van der Waals surface area contributed by atoms with Gasteiger partial charge in [-0.1, -0.05) is 74.5 Å². The van der Waals surface area contributed by atoms with E-state index in [1.807, 2.05) is 74.5 Å². The zero-order valence-electron chi connectivity index (χ0n) is 19.2. The maximum Gasteiger partial charge on any atom is 0.243 e. The third-order valence-electron chi connectivity index (χ3n) is 5.75. The Kier molecular flexibility index (Phi) is 9.26. The molecule has 2 amide bonds. The first kappa shape index (κ1) is 24.0. The van der Waals surface area contributed by atoms with Crippen molar-refractivity contribution >= 4 is 11.8 Å². The summed E-state index contributed by atoms with van der Waals surface area (Å²) in [5, 5.41) is 3.10. The molecule has 2 aromatic rings. The number of benzene rings is 2. The van der Waals surface area contributed by atoms with Gasteiger partial charge in [0.25, 0.3) is 0 Å². The molecule has 2 aromatic carbocycles. The number of nitrogens with one attached hydrogen (secondary N) is 1. The summed E-state index contributed by atoms with van der Waals surface area (Å²) in [5.41, 5.74) is 2.05. The lowest BCUT2D eigenvalue weighted by molar-refractivity contribution is -0.143. The number of carbonyl (C=O) groups is 2. The summed E-state index contributed by atoms with van der Waals surface area (Å²) < 4.78 is 5.40. The molecule has 0 aromatic heterocycles. The second-order valence-corrected chi connectivity index (χ2v) is 8.56. The average molecular weight is 438 g/mol. The molecule has 6 nitrogen and oxygen atoms in total. The summed E-state index contributed by atoms with van der Waals surface area (Å²) in [6.45, 7) is 8.75. The minimum atomic E-state index is -0.572. The first-order chi connectivity index (χ1) is 15.5. The number of carbonyl (C=O) groups excluding carboxylic acids is 2. The Labute approximate surface area is 191 Å². The molecular formula is C26H35N3O3. The number of ether oxygens (including phenoxy) is 1. The molecular weight excluding hydrogens is 402 g/mol. The van der Waals surface area contributed by atoms with E-state index in [1.54, 1.807) is 4.90 Å². The number of rotatable bonds is 10. The van der Waals surface area contributed by atoms with Gasteiger partial charge in [-0.3, -0.25) is 14.5 Å². The number of amides is 2. The summed E-state index contributed by atoms with van der Waals surface area (Å²) in [7, 11) is 0. The van der Waals surface area contributed by atoms with Crippen molar-refractivity contribution < 1.29 is 14.3 Å². The predicted molar refractivity (Wildman–Crippen MR) is 126 cm³/mol. The summed E-state index contributed by atoms with van der Waals surface area (Å²) in [6, 6.07) is 19.2. The molecule has 3 rings (SSSR count). The average Bonchev–Trinajstić information content (AvgIpc) is 2.82. The molecule has 1 N–H and O–H groups in total. The maximum absolute atomic E-state index is 13.4. The van der Waals surface area contributed by atoms with E-state index >= 15 is 0 Å². The zero-order chi connectivity index (χ0) is 22.8. The minimum Gasteiger partial charge on any atom is -0.379 e. The maximum atomic E-state index is 13.4. The van der Waals surface area contributed by atoms with E-state index < -0.39 is 6.04 Å². The van der Waals surface area contributed by atoms with Gasteiger partial charge in [-0.25, -0.2) is 0 Å². The molecule has 1 aliphatic rings. The van der Waals surface area contributed by atoms with E-state index in [4.69, 9.17) is 4.74 Å². The highest BCUT2D eigenvalue weighted by Crippen LogP contribution is 2.17. The Balaban J connectivity index is 1.77. The first-order valence-corrected chi connectivity index (χ1v) is 11.5. The van der Waals surface area contributed by atoms with Gasteiger partial charge in [-0.15, -0.1) is 0 Å². The van der Waals surface area contributed by atoms with Crippen LogP contribution in [0.15, 0.2) is 60.7 Å². The SMILES string of the molecule is CC(C)C(=O)N(Cc1ccccc1)C(Cc1ccccc1)C(=O)NCCN1CCOCC1. The van der Waals surface area contributed by atoms with Gasteiger partial charge in [0.1, 0.15) is 6.04 Å². The van der Waals surface area contributed by atoms with Crippen LogP contribution < -0.4 is 5.32 Å². The van der Waals surface area contributed by atoms with Gasteiger partial charge < -0.3 is 15.0 Å². The standard InChI is InChI=1S/C26H35N3O3/c1-21(2)26(31)29(20-23-11-7-4-8-12-23)24(19-22-9-5-3-6-10-22)25(30)27-13-14-28-15-17-32-18-16-28/h3-12,21,24H,13-20H2,1-2H3,(H,27,30). The molecule has 0 radical (unpaired) electrons. The van der Waals surface area contributed by atoms with Crippen LogP contribution in [-0.2, 0) is 27.3 Å². The summed E-state index contributed by atoms with van der Waals surface area (Å²) in [6.07, 6.45) is 0.482. The van der Waals surface area contributed by atoms with Crippen molar-refractivity contribution in [3.63, 3.8) is 0 Å². The fourth-order valence-corrected chi connectivity index (χ4v) is 3.92. The van der Waals surface area contributed by atoms with E-state index in [0.29, 0.717) is 19.5 Å². The molecule has 172 valence electrons. The van der Waals surface area contributed by atoms with Gasteiger partial charge in [0.05, 0.1) is 13.2 Å². The second kappa shape index (κ2) is 12.4. The molecule has 1 fully saturated rings. The molecule has 1 saturated heterocycles. The number of hydrogen-bond acceptors (Lipinski definition) is 4. The van der Waals surface area contributed by atoms with E-state index in [1.165, 1.54) is 0 Å². The topological polar surface area (TPSA) is 61.9 Å². The Morgan fingerprint density at radius 2 is 1.56 bits per heavy atom. The van der Waals surface area contributed by atoms with Crippen LogP contribution in [-0.4, -0.2) is 67.0 Å². The monoisotopic (exact) mass is 437 g/mol. The van der Waals surface area contributed by atoms with E-state index in [0.717, 1.165) is 44.0 Å². The lowest BCUT2D eigenvalue weighted by atomic mass is 10.0. The smallest absolute Gasteiger partial charge is 0.243 e. The molecule has 32 heavy (non-hydrogen) atoms. The van der Waals surface area contributed by atoms with E-state index in [-0.39, 0.29) is 17.7 Å². The van der Waals surface area contributed by atoms with E-state index in [2.05, 4.69) is 10.2 Å². The van der Waals surface area contributed by atoms with Crippen LogP contribution in [0.5, 0.6) is 0 Å². The lowest BCUT2D eigenvalue weighted by Crippen LogP contribution is -2.52. The quantitative estimate of drug-likeness (QED) is 0.621. The van der Waals surface area contributed by atoms with Gasteiger partial charge in [0.2, 0.25) is 11.8 Å². The van der Waals surface area contributed by atoms with Crippen LogP contribution in [0.25, 0.3) is 0 Å². The van der Waals surface area contributed by atoms with Gasteiger partial charge in [-0.05, 0) is 11.1 Å². The number of hydrogen-bond donors (Lipinski definition) is 1. The van der Waals surface area contributed by atoms with Crippen LogP contribution in [0.1, 0.15) is 25.0 Å². The van der Waals surface area contributed by atoms with Crippen molar-refractivity contribution in [2.24, 2.45) is 5.92 Å². The number of nitrogens with zero attached hydrogens (tertiary/aromatic N) is 2. The first-order valence-electron chi connectivity index (χ1n) is 11.5. The van der Waals surface area contributed by atoms with E-state index in [9.17, 15) is 9.59 Å². The Morgan fingerprint density at radius 3 is 2.16 bits per heavy atom. The highest BCUT2D eigenvalue weighted by atomic mass is 16.5. The van der Waals surface area contributed by atoms with Gasteiger partial charge in [0.15, 0.2) is 0 Å². The highest BCUT2D eigenvalue weighted by Gasteiger charge is 2.31. The second-order valence-electron chi connectivity index (χ2n) is 8.56. The zero-order valence-corrected chi connectivity index (χ0v) is 19.2. The van der Waals surface area contributed by atoms with Crippen LogP contribution >= 0.6 is 0 Å². The Morgan fingerprint density at radius 1 is 0.969 bits per heavy atom. The van der Waals surface area contributed by atoms with Gasteiger partial charge in [0, 0.05) is 45.1 Å². The minimum absolute atomic E-state index is 0.0156. The summed E-state index contributed by atoms with van der Waals surface area (Å²) in [4.78, 5) is 30.7. The summed E-state index contributed by atoms with van der Waals surface area (Å²) >= 11 is 0. The van der Waals surface area contributed by atoms with Crippen LogP contribution in [0, 0.1) is 5.92 Å². The normalized spacial score (nSPS) is 15.3. The molecule has 1 aliphatic heterocycles. The molecule has 1 atom stereocenters. The van der Waals surface area contributed by atoms with Crippen molar-refractivity contribution in [3.8, 4) is 0 Å². The largest absolute Gasteiger partial charge is 0.379 e. The predicted octanol–water partition coefficient (Wildman–Crippen LogP) is 2.73. The third kappa shape index (κ3) is 7.18. The number of morpholine rings is 1. The van der Waals surface area contributed by atoms with Crippen molar-refractivity contribution in [2.75, 3.05) is 39.4 Å². The molecule has 1 heterocycles. The molecule has 1 unspecified atom stereocenters. The highest BCUT2D eigenvalue weighted by molar-refractivity contribution is 5.88. The molecule has 0 bridgehead atoms. The molecule has 0 aliphatic carbocycles. The summed E-state index contributed by atoms with van der Waals surface area (Å²) in [5.74, 6) is -0.316. The van der Waals surface area contributed by atoms with Crippen LogP contribution in [0.2, 0.25) is 0 Å². The molecule has 0 saturated carbocycles. The molecule has 6 heteroatoms. The van der Waals surface area contributed by atoms with Crippen molar-refractivity contribution in [1.29, 1.82) is 0 Å². The van der Waals surface area contributed by atoms with Crippen LogP contribution in [0.3, 0.4) is 0 Å². The third-order valence-corrected chi connectivity index (χ3v) is 5.75. The fourth-order valence-electron chi connectivity index (χ4n) is 3.92. The van der Waals surface area contributed by atoms with Crippen molar-refractivity contribution in [3.05, 3.63) is 71.8 Å². The van der Waals surface area contributed by atoms with Gasteiger partial charge in [-0.2, -0.15) is 0 Å². The Hall–Kier alpha value is -2.70.